The number of hydrogen-bond donors (Lipinski definition) is 1. The lowest BCUT2D eigenvalue weighted by atomic mass is 10.0. The highest BCUT2D eigenvalue weighted by Crippen LogP contribution is 2.29. The van der Waals surface area contributed by atoms with Gasteiger partial charge in [0, 0.05) is 26.7 Å². The van der Waals surface area contributed by atoms with Crippen LogP contribution in [0.1, 0.15) is 25.5 Å². The third-order valence-corrected chi connectivity index (χ3v) is 4.57. The fourth-order valence-corrected chi connectivity index (χ4v) is 3.40. The summed E-state index contributed by atoms with van der Waals surface area (Å²) in [5, 5.41) is 12.5. The van der Waals surface area contributed by atoms with Crippen molar-refractivity contribution in [3.8, 4) is 6.07 Å². The lowest BCUT2D eigenvalue weighted by molar-refractivity contribution is -0.121. The van der Waals surface area contributed by atoms with Gasteiger partial charge in [-0.25, -0.2) is 9.97 Å². The number of carbonyl (C=O) groups is 1. The van der Waals surface area contributed by atoms with Crippen molar-refractivity contribution in [2.75, 3.05) is 38.3 Å². The second-order valence-electron chi connectivity index (χ2n) is 6.93. The molecule has 1 aromatic carbocycles. The van der Waals surface area contributed by atoms with Crippen LogP contribution in [-0.4, -0.2) is 61.4 Å². The summed E-state index contributed by atoms with van der Waals surface area (Å²) in [6, 6.07) is 9.56. The minimum Gasteiger partial charge on any atom is -0.383 e. The summed E-state index contributed by atoms with van der Waals surface area (Å²) in [5.74, 6) is -0.897. The zero-order valence-electron chi connectivity index (χ0n) is 16.4. The monoisotopic (exact) mass is 383 g/mol. The summed E-state index contributed by atoms with van der Waals surface area (Å²) in [6.45, 7) is 5.93. The van der Waals surface area contributed by atoms with Crippen molar-refractivity contribution >= 4 is 22.8 Å². The van der Waals surface area contributed by atoms with Gasteiger partial charge in [-0.3, -0.25) is 4.79 Å². The second kappa shape index (κ2) is 8.95. The Hall–Kier alpha value is -2.76. The number of rotatable bonds is 6. The summed E-state index contributed by atoms with van der Waals surface area (Å²) in [7, 11) is 1.56. The molecule has 1 aromatic heterocycles. The number of ether oxygens (including phenoxy) is 2. The Morgan fingerprint density at radius 2 is 1.96 bits per heavy atom. The Balaban J connectivity index is 2.03. The number of amides is 1. The summed E-state index contributed by atoms with van der Waals surface area (Å²) >= 11 is 0. The number of nitrogens with one attached hydrogen (secondary N) is 1. The van der Waals surface area contributed by atoms with E-state index in [0.717, 1.165) is 5.52 Å². The number of para-hydroxylation sites is 2. The topological polar surface area (TPSA) is 100 Å². The molecule has 2 heterocycles. The van der Waals surface area contributed by atoms with Crippen molar-refractivity contribution in [1.82, 2.24) is 15.3 Å². The van der Waals surface area contributed by atoms with Crippen LogP contribution in [-0.2, 0) is 14.3 Å². The van der Waals surface area contributed by atoms with Gasteiger partial charge in [0.05, 0.1) is 35.9 Å². The highest BCUT2D eigenvalue weighted by Gasteiger charge is 2.31. The summed E-state index contributed by atoms with van der Waals surface area (Å²) < 4.78 is 10.8. The first kappa shape index (κ1) is 20.0. The molecule has 1 aliphatic heterocycles. The van der Waals surface area contributed by atoms with Gasteiger partial charge < -0.3 is 19.7 Å². The number of nitriles is 1. The van der Waals surface area contributed by atoms with Crippen molar-refractivity contribution in [3.05, 3.63) is 30.0 Å². The Bertz CT molecular complexity index is 872. The minimum atomic E-state index is -1.06. The van der Waals surface area contributed by atoms with E-state index in [1.54, 1.807) is 7.11 Å². The SMILES string of the molecule is COCCNC(=O)C(C#N)c1nc2ccccc2nc1N1CC(C)OC(C)C1. The zero-order valence-corrected chi connectivity index (χ0v) is 16.4. The summed E-state index contributed by atoms with van der Waals surface area (Å²) in [4.78, 5) is 24.1. The van der Waals surface area contributed by atoms with E-state index >= 15 is 0 Å². The maximum absolute atomic E-state index is 12.6. The van der Waals surface area contributed by atoms with Crippen molar-refractivity contribution in [1.29, 1.82) is 5.26 Å². The molecule has 1 aliphatic rings. The van der Waals surface area contributed by atoms with E-state index in [2.05, 4.69) is 21.3 Å². The van der Waals surface area contributed by atoms with Crippen LogP contribution in [0.25, 0.3) is 11.0 Å². The molecule has 148 valence electrons. The second-order valence-corrected chi connectivity index (χ2v) is 6.93. The predicted octanol–water partition coefficient (Wildman–Crippen LogP) is 1.61. The van der Waals surface area contributed by atoms with Crippen molar-refractivity contribution in [3.63, 3.8) is 0 Å². The van der Waals surface area contributed by atoms with E-state index < -0.39 is 11.8 Å². The van der Waals surface area contributed by atoms with Gasteiger partial charge in [-0.1, -0.05) is 12.1 Å². The van der Waals surface area contributed by atoms with Crippen LogP contribution in [0.3, 0.4) is 0 Å². The average molecular weight is 383 g/mol. The molecule has 0 bridgehead atoms. The largest absolute Gasteiger partial charge is 0.383 e. The first-order valence-corrected chi connectivity index (χ1v) is 9.36. The van der Waals surface area contributed by atoms with Gasteiger partial charge in [0.25, 0.3) is 0 Å². The molecule has 1 saturated heterocycles. The molecule has 3 unspecified atom stereocenters. The first-order valence-electron chi connectivity index (χ1n) is 9.36. The molecule has 1 fully saturated rings. The lowest BCUT2D eigenvalue weighted by Gasteiger charge is -2.37. The number of morpholine rings is 1. The number of aromatic nitrogens is 2. The summed E-state index contributed by atoms with van der Waals surface area (Å²) in [5.41, 5.74) is 1.75. The molecule has 0 aliphatic carbocycles. The highest BCUT2D eigenvalue weighted by molar-refractivity contribution is 5.88. The van der Waals surface area contributed by atoms with Gasteiger partial charge in [0.1, 0.15) is 5.69 Å². The van der Waals surface area contributed by atoms with Crippen LogP contribution in [0.4, 0.5) is 5.82 Å². The number of hydrogen-bond acceptors (Lipinski definition) is 7. The van der Waals surface area contributed by atoms with E-state index in [-0.39, 0.29) is 12.2 Å². The molecule has 2 aromatic rings. The zero-order chi connectivity index (χ0) is 20.1. The molecule has 3 atom stereocenters. The van der Waals surface area contributed by atoms with Crippen LogP contribution in [0.5, 0.6) is 0 Å². The van der Waals surface area contributed by atoms with Crippen LogP contribution >= 0.6 is 0 Å². The highest BCUT2D eigenvalue weighted by atomic mass is 16.5. The molecule has 28 heavy (non-hydrogen) atoms. The van der Waals surface area contributed by atoms with E-state index in [4.69, 9.17) is 14.5 Å². The van der Waals surface area contributed by atoms with Crippen LogP contribution < -0.4 is 10.2 Å². The number of nitrogens with zero attached hydrogens (tertiary/aromatic N) is 4. The number of benzene rings is 1. The van der Waals surface area contributed by atoms with Crippen LogP contribution in [0.2, 0.25) is 0 Å². The Morgan fingerprint density at radius 3 is 2.57 bits per heavy atom. The lowest BCUT2D eigenvalue weighted by Crippen LogP contribution is -2.46. The van der Waals surface area contributed by atoms with E-state index in [9.17, 15) is 10.1 Å². The van der Waals surface area contributed by atoms with Gasteiger partial charge in [0.15, 0.2) is 11.7 Å². The quantitative estimate of drug-likeness (QED) is 0.757. The van der Waals surface area contributed by atoms with Gasteiger partial charge in [-0.05, 0) is 26.0 Å². The third kappa shape index (κ3) is 4.38. The molecule has 1 N–H and O–H groups in total. The van der Waals surface area contributed by atoms with E-state index in [1.165, 1.54) is 0 Å². The third-order valence-electron chi connectivity index (χ3n) is 4.57. The predicted molar refractivity (Wildman–Crippen MR) is 105 cm³/mol. The molecule has 8 heteroatoms. The molecule has 0 radical (unpaired) electrons. The maximum atomic E-state index is 12.6. The van der Waals surface area contributed by atoms with Crippen molar-refractivity contribution in [2.24, 2.45) is 0 Å². The van der Waals surface area contributed by atoms with E-state index in [1.807, 2.05) is 38.1 Å². The fraction of sp³-hybridized carbons (Fsp3) is 0.500. The molecule has 0 spiro atoms. The number of anilines is 1. The van der Waals surface area contributed by atoms with Crippen molar-refractivity contribution < 1.29 is 14.3 Å². The summed E-state index contributed by atoms with van der Waals surface area (Å²) in [6.07, 6.45) is 0.0295. The number of carbonyl (C=O) groups excluding carboxylic acids is 1. The van der Waals surface area contributed by atoms with Crippen molar-refractivity contribution in [2.45, 2.75) is 32.0 Å². The average Bonchev–Trinajstić information content (AvgIpc) is 2.67. The molecule has 1 amide bonds. The van der Waals surface area contributed by atoms with Gasteiger partial charge in [0.2, 0.25) is 5.91 Å². The van der Waals surface area contributed by atoms with Crippen LogP contribution in [0.15, 0.2) is 24.3 Å². The number of fused-ring (bicyclic) bond motifs is 1. The Labute approximate surface area is 164 Å². The van der Waals surface area contributed by atoms with Gasteiger partial charge in [-0.15, -0.1) is 0 Å². The first-order chi connectivity index (χ1) is 13.5. The number of methoxy groups -OCH3 is 1. The maximum Gasteiger partial charge on any atom is 0.243 e. The molecular formula is C20H25N5O3. The Kier molecular flexibility index (Phi) is 6.39. The fourth-order valence-electron chi connectivity index (χ4n) is 3.40. The molecule has 3 rings (SSSR count). The standard InChI is InChI=1S/C20H25N5O3/c1-13-11-25(12-14(2)28-13)19-18(15(10-21)20(26)22-8-9-27-3)23-16-6-4-5-7-17(16)24-19/h4-7,13-15H,8-9,11-12H2,1-3H3,(H,22,26). The molecule has 8 nitrogen and oxygen atoms in total. The Morgan fingerprint density at radius 1 is 1.32 bits per heavy atom. The minimum absolute atomic E-state index is 0.0148. The van der Waals surface area contributed by atoms with Gasteiger partial charge in [-0.2, -0.15) is 5.26 Å². The molecular weight excluding hydrogens is 358 g/mol. The normalized spacial score (nSPS) is 20.6. The molecule has 0 saturated carbocycles. The van der Waals surface area contributed by atoms with Crippen LogP contribution in [0, 0.1) is 11.3 Å². The smallest absolute Gasteiger partial charge is 0.243 e. The van der Waals surface area contributed by atoms with E-state index in [0.29, 0.717) is 43.3 Å². The van der Waals surface area contributed by atoms with Gasteiger partial charge >= 0.3 is 0 Å².